The fourth-order valence-corrected chi connectivity index (χ4v) is 7.07. The molecule has 1 aromatic heterocycles. The van der Waals surface area contributed by atoms with Crippen LogP contribution in [0.2, 0.25) is 0 Å². The lowest BCUT2D eigenvalue weighted by Crippen LogP contribution is -2.19. The van der Waals surface area contributed by atoms with Crippen molar-refractivity contribution in [1.29, 1.82) is 0 Å². The van der Waals surface area contributed by atoms with E-state index in [0.717, 1.165) is 22.2 Å². The van der Waals surface area contributed by atoms with Gasteiger partial charge in [0, 0.05) is 14.1 Å². The van der Waals surface area contributed by atoms with Crippen LogP contribution in [0.5, 0.6) is 0 Å². The van der Waals surface area contributed by atoms with Gasteiger partial charge in [0.05, 0.1) is 22.2 Å². The summed E-state index contributed by atoms with van der Waals surface area (Å²) in [6, 6.07) is 19.1. The average molecular weight is 438 g/mol. The molecule has 0 bridgehead atoms. The van der Waals surface area contributed by atoms with Crippen LogP contribution in [0.25, 0.3) is 0 Å². The van der Waals surface area contributed by atoms with Crippen LogP contribution in [0.3, 0.4) is 0 Å². The quantitative estimate of drug-likeness (QED) is 0.399. The zero-order valence-corrected chi connectivity index (χ0v) is 21.2. The predicted octanol–water partition coefficient (Wildman–Crippen LogP) is 7.15. The van der Waals surface area contributed by atoms with Gasteiger partial charge in [0.2, 0.25) is 0 Å². The van der Waals surface area contributed by atoms with E-state index in [1.165, 1.54) is 22.3 Å². The number of pyridine rings is 1. The average Bonchev–Trinajstić information content (AvgIpc) is 2.68. The maximum atomic E-state index is 5.23. The molecule has 3 aromatic rings. The maximum Gasteiger partial charge on any atom is 0.0804 e. The molecule has 1 heterocycles. The number of hydrogen-bond donors (Lipinski definition) is 0. The Labute approximate surface area is 182 Å². The Bertz CT molecular complexity index is 1070. The van der Waals surface area contributed by atoms with Crippen molar-refractivity contribution in [1.82, 2.24) is 4.98 Å². The summed E-state index contributed by atoms with van der Waals surface area (Å²) in [4.78, 5) is 5.14. The number of nitrogens with zero attached hydrogens (tertiary/aromatic N) is 3. The highest BCUT2D eigenvalue weighted by atomic mass is 31.2. The number of aromatic nitrogens is 1. The summed E-state index contributed by atoms with van der Waals surface area (Å²) in [5.74, 6) is 0. The summed E-state index contributed by atoms with van der Waals surface area (Å²) in [7, 11) is -3.56. The van der Waals surface area contributed by atoms with Crippen molar-refractivity contribution in [3.63, 3.8) is 0 Å². The third kappa shape index (κ3) is 4.85. The van der Waals surface area contributed by atoms with Crippen molar-refractivity contribution in [3.05, 3.63) is 76.9 Å². The first kappa shape index (κ1) is 22.7. The monoisotopic (exact) mass is 437 g/mol. The number of rotatable bonds is 4. The van der Waals surface area contributed by atoms with Gasteiger partial charge in [0.15, 0.2) is 0 Å². The second-order valence-corrected chi connectivity index (χ2v) is 15.7. The molecular weight excluding hydrogens is 404 g/mol. The van der Waals surface area contributed by atoms with E-state index in [0.29, 0.717) is 0 Å². The molecule has 158 valence electrons. The standard InChI is InChI=1S/C25H33N3P2/c1-18-12-9-13-19(2)24(18)27-29(5,6)22-16-11-17-23(26-22)30(7,8)28-25-20(3)14-10-15-21(25)4/h9-17H,1-8H3. The highest BCUT2D eigenvalue weighted by molar-refractivity contribution is 7.73. The second-order valence-electron chi connectivity index (χ2n) is 8.82. The van der Waals surface area contributed by atoms with Crippen LogP contribution in [0.15, 0.2) is 64.1 Å². The van der Waals surface area contributed by atoms with Crippen LogP contribution in [-0.2, 0) is 0 Å². The van der Waals surface area contributed by atoms with E-state index >= 15 is 0 Å². The van der Waals surface area contributed by atoms with Crippen molar-refractivity contribution < 1.29 is 0 Å². The van der Waals surface area contributed by atoms with Crippen molar-refractivity contribution >= 4 is 36.4 Å². The molecule has 3 rings (SSSR count). The van der Waals surface area contributed by atoms with Gasteiger partial charge in [-0.05, 0) is 88.7 Å². The molecule has 0 radical (unpaired) electrons. The molecule has 0 unspecified atom stereocenters. The molecule has 0 N–H and O–H groups in total. The van der Waals surface area contributed by atoms with Crippen LogP contribution in [-0.4, -0.2) is 31.6 Å². The second kappa shape index (κ2) is 8.66. The lowest BCUT2D eigenvalue weighted by Gasteiger charge is -2.20. The van der Waals surface area contributed by atoms with E-state index in [1.54, 1.807) is 0 Å². The number of hydrogen-bond acceptors (Lipinski definition) is 3. The zero-order valence-electron chi connectivity index (χ0n) is 19.4. The SMILES string of the molecule is Cc1cccc(C)c1N=P(C)(C)c1cccc(P(C)(C)=Nc2c(C)cccc2C)n1. The van der Waals surface area contributed by atoms with Crippen molar-refractivity contribution in [2.24, 2.45) is 9.49 Å². The molecule has 2 aromatic carbocycles. The largest absolute Gasteiger partial charge is 0.261 e. The van der Waals surface area contributed by atoms with Gasteiger partial charge in [-0.15, -0.1) is 0 Å². The molecule has 0 saturated heterocycles. The van der Waals surface area contributed by atoms with Crippen LogP contribution < -0.4 is 10.9 Å². The molecule has 5 heteroatoms. The van der Waals surface area contributed by atoms with Gasteiger partial charge in [0.25, 0.3) is 0 Å². The Kier molecular flexibility index (Phi) is 6.56. The molecule has 30 heavy (non-hydrogen) atoms. The third-order valence-corrected chi connectivity index (χ3v) is 9.56. The van der Waals surface area contributed by atoms with E-state index in [4.69, 9.17) is 14.5 Å². The summed E-state index contributed by atoms with van der Waals surface area (Å²) in [5, 5.41) is 0. The van der Waals surface area contributed by atoms with Crippen molar-refractivity contribution in [2.45, 2.75) is 27.7 Å². The maximum absolute atomic E-state index is 5.23. The fourth-order valence-electron chi connectivity index (χ4n) is 3.55. The van der Waals surface area contributed by atoms with E-state index < -0.39 is 14.1 Å². The van der Waals surface area contributed by atoms with Gasteiger partial charge in [0.1, 0.15) is 0 Å². The molecular formula is C25H33N3P2. The minimum Gasteiger partial charge on any atom is -0.261 e. The third-order valence-electron chi connectivity index (χ3n) is 5.42. The normalized spacial score (nSPS) is 12.0. The zero-order chi connectivity index (χ0) is 22.1. The Morgan fingerprint density at radius 2 is 0.833 bits per heavy atom. The van der Waals surface area contributed by atoms with Gasteiger partial charge < -0.3 is 0 Å². The van der Waals surface area contributed by atoms with Crippen LogP contribution in [0, 0.1) is 27.7 Å². The molecule has 0 aliphatic rings. The minimum absolute atomic E-state index is 1.09. The van der Waals surface area contributed by atoms with Crippen molar-refractivity contribution in [3.8, 4) is 0 Å². The first-order valence-corrected chi connectivity index (χ1v) is 15.5. The summed E-state index contributed by atoms with van der Waals surface area (Å²) < 4.78 is 10.5. The molecule has 0 amide bonds. The molecule has 3 nitrogen and oxygen atoms in total. The molecule has 0 spiro atoms. The van der Waals surface area contributed by atoms with E-state index in [2.05, 4.69) is 109 Å². The Morgan fingerprint density at radius 1 is 0.533 bits per heavy atom. The fraction of sp³-hybridized carbons (Fsp3) is 0.320. The van der Waals surface area contributed by atoms with E-state index in [9.17, 15) is 0 Å². The van der Waals surface area contributed by atoms with E-state index in [-0.39, 0.29) is 0 Å². The van der Waals surface area contributed by atoms with Crippen molar-refractivity contribution in [2.75, 3.05) is 26.7 Å². The van der Waals surface area contributed by atoms with Crippen LogP contribution in [0.1, 0.15) is 22.3 Å². The Morgan fingerprint density at radius 3 is 1.17 bits per heavy atom. The smallest absolute Gasteiger partial charge is 0.0804 e. The summed E-state index contributed by atoms with van der Waals surface area (Å²) in [6.07, 6.45) is 0. The van der Waals surface area contributed by atoms with Crippen LogP contribution in [0.4, 0.5) is 11.4 Å². The predicted molar refractivity (Wildman–Crippen MR) is 137 cm³/mol. The topological polar surface area (TPSA) is 37.6 Å². The molecule has 0 atom stereocenters. The first-order chi connectivity index (χ1) is 14.0. The summed E-state index contributed by atoms with van der Waals surface area (Å²) in [5.41, 5.74) is 9.28. The lowest BCUT2D eigenvalue weighted by atomic mass is 10.1. The molecule has 0 saturated carbocycles. The lowest BCUT2D eigenvalue weighted by molar-refractivity contribution is 1.33. The highest BCUT2D eigenvalue weighted by Crippen LogP contribution is 2.47. The highest BCUT2D eigenvalue weighted by Gasteiger charge is 2.18. The van der Waals surface area contributed by atoms with Gasteiger partial charge in [-0.3, -0.25) is 9.49 Å². The van der Waals surface area contributed by atoms with Gasteiger partial charge in [-0.1, -0.05) is 42.5 Å². The molecule has 0 aliphatic carbocycles. The minimum atomic E-state index is -1.78. The van der Waals surface area contributed by atoms with Gasteiger partial charge >= 0.3 is 0 Å². The summed E-state index contributed by atoms with van der Waals surface area (Å²) in [6.45, 7) is 17.5. The first-order valence-electron chi connectivity index (χ1n) is 10.3. The van der Waals surface area contributed by atoms with Gasteiger partial charge in [-0.25, -0.2) is 4.98 Å². The van der Waals surface area contributed by atoms with Crippen LogP contribution >= 0.6 is 14.1 Å². The number of benzene rings is 2. The Balaban J connectivity index is 2.12. The van der Waals surface area contributed by atoms with Gasteiger partial charge in [-0.2, -0.15) is 0 Å². The molecule has 0 aliphatic heterocycles. The van der Waals surface area contributed by atoms with E-state index in [1.807, 2.05) is 0 Å². The molecule has 0 fully saturated rings. The summed E-state index contributed by atoms with van der Waals surface area (Å²) >= 11 is 0. The Hall–Kier alpha value is -1.95. The number of aryl methyl sites for hydroxylation is 4.